The smallest absolute Gasteiger partial charge is 0.224 e. The van der Waals surface area contributed by atoms with Crippen molar-refractivity contribution in [3.05, 3.63) is 29.0 Å². The lowest BCUT2D eigenvalue weighted by Crippen LogP contribution is -2.10. The van der Waals surface area contributed by atoms with Gasteiger partial charge in [-0.05, 0) is 18.2 Å². The summed E-state index contributed by atoms with van der Waals surface area (Å²) >= 11 is 5.63. The first-order chi connectivity index (χ1) is 6.13. The first-order valence-electron chi connectivity index (χ1n) is 3.88. The molecule has 0 spiro atoms. The zero-order valence-corrected chi connectivity index (χ0v) is 7.86. The summed E-state index contributed by atoms with van der Waals surface area (Å²) in [5, 5.41) is 2.80. The van der Waals surface area contributed by atoms with Crippen LogP contribution in [-0.4, -0.2) is 5.91 Å². The Hall–Kier alpha value is -1.09. The fourth-order valence-electron chi connectivity index (χ4n) is 0.832. The van der Waals surface area contributed by atoms with Crippen LogP contribution in [-0.2, 0) is 4.79 Å². The van der Waals surface area contributed by atoms with Crippen LogP contribution in [0.1, 0.15) is 13.3 Å². The van der Waals surface area contributed by atoms with Gasteiger partial charge in [-0.2, -0.15) is 0 Å². The third-order valence-corrected chi connectivity index (χ3v) is 1.76. The molecule has 0 radical (unpaired) electrons. The van der Waals surface area contributed by atoms with Crippen LogP contribution in [0.2, 0.25) is 5.02 Å². The Bertz CT molecular complexity index is 327. The van der Waals surface area contributed by atoms with Crippen molar-refractivity contribution in [1.29, 1.82) is 0 Å². The fraction of sp³-hybridized carbons (Fsp3) is 0.222. The number of hydrogen-bond acceptors (Lipinski definition) is 1. The van der Waals surface area contributed by atoms with E-state index in [1.54, 1.807) is 6.92 Å². The minimum atomic E-state index is -0.480. The van der Waals surface area contributed by atoms with E-state index in [1.165, 1.54) is 18.2 Å². The molecule has 0 bridgehead atoms. The fourth-order valence-corrected chi connectivity index (χ4v) is 1.00. The maximum atomic E-state index is 13.0. The standard InChI is InChI=1S/C9H9ClFNO/c1-2-9(13)12-8-5-6(10)3-4-7(8)11/h3-5H,2H2,1H3,(H,12,13). The van der Waals surface area contributed by atoms with E-state index in [1.807, 2.05) is 0 Å². The quantitative estimate of drug-likeness (QED) is 0.783. The van der Waals surface area contributed by atoms with Gasteiger partial charge in [-0.15, -0.1) is 0 Å². The first-order valence-corrected chi connectivity index (χ1v) is 4.26. The normalized spacial score (nSPS) is 9.77. The SMILES string of the molecule is CCC(=O)Nc1cc(Cl)ccc1F. The molecular formula is C9H9ClFNO. The molecule has 0 saturated carbocycles. The van der Waals surface area contributed by atoms with Crippen LogP contribution in [0.4, 0.5) is 10.1 Å². The Labute approximate surface area is 80.7 Å². The molecule has 0 aliphatic rings. The lowest BCUT2D eigenvalue weighted by molar-refractivity contribution is -0.115. The molecule has 0 heterocycles. The summed E-state index contributed by atoms with van der Waals surface area (Å²) in [4.78, 5) is 10.9. The van der Waals surface area contributed by atoms with Crippen molar-refractivity contribution in [1.82, 2.24) is 0 Å². The van der Waals surface area contributed by atoms with Crippen LogP contribution in [0, 0.1) is 5.82 Å². The average molecular weight is 202 g/mol. The molecule has 0 atom stereocenters. The van der Waals surface area contributed by atoms with Crippen LogP contribution >= 0.6 is 11.6 Å². The highest BCUT2D eigenvalue weighted by molar-refractivity contribution is 6.30. The van der Waals surface area contributed by atoms with Gasteiger partial charge in [0.25, 0.3) is 0 Å². The van der Waals surface area contributed by atoms with E-state index >= 15 is 0 Å². The molecule has 1 rings (SSSR count). The predicted octanol–water partition coefficient (Wildman–Crippen LogP) is 2.83. The molecule has 0 saturated heterocycles. The maximum absolute atomic E-state index is 13.0. The number of carbonyl (C=O) groups excluding carboxylic acids is 1. The van der Waals surface area contributed by atoms with Crippen molar-refractivity contribution in [2.24, 2.45) is 0 Å². The van der Waals surface area contributed by atoms with Crippen molar-refractivity contribution < 1.29 is 9.18 Å². The van der Waals surface area contributed by atoms with Gasteiger partial charge in [-0.1, -0.05) is 18.5 Å². The first kappa shape index (κ1) is 9.99. The lowest BCUT2D eigenvalue weighted by atomic mass is 10.3. The van der Waals surface area contributed by atoms with Gasteiger partial charge >= 0.3 is 0 Å². The number of nitrogens with one attached hydrogen (secondary N) is 1. The minimum absolute atomic E-state index is 0.124. The van der Waals surface area contributed by atoms with Gasteiger partial charge in [-0.25, -0.2) is 4.39 Å². The van der Waals surface area contributed by atoms with Crippen LogP contribution in [0.25, 0.3) is 0 Å². The monoisotopic (exact) mass is 201 g/mol. The number of anilines is 1. The van der Waals surface area contributed by atoms with E-state index in [9.17, 15) is 9.18 Å². The summed E-state index contributed by atoms with van der Waals surface area (Å²) in [6.07, 6.45) is 0.311. The Morgan fingerprint density at radius 2 is 2.31 bits per heavy atom. The zero-order valence-electron chi connectivity index (χ0n) is 7.10. The second kappa shape index (κ2) is 4.23. The second-order valence-electron chi connectivity index (χ2n) is 2.53. The summed E-state index contributed by atoms with van der Waals surface area (Å²) in [5.41, 5.74) is 0.124. The highest BCUT2D eigenvalue weighted by Gasteiger charge is 2.05. The van der Waals surface area contributed by atoms with Crippen LogP contribution in [0.15, 0.2) is 18.2 Å². The molecule has 13 heavy (non-hydrogen) atoms. The van der Waals surface area contributed by atoms with E-state index < -0.39 is 5.82 Å². The number of carbonyl (C=O) groups is 1. The van der Waals surface area contributed by atoms with Gasteiger partial charge in [0.15, 0.2) is 0 Å². The van der Waals surface area contributed by atoms with Crippen LogP contribution < -0.4 is 5.32 Å². The Morgan fingerprint density at radius 3 is 2.92 bits per heavy atom. The van der Waals surface area contributed by atoms with Crippen molar-refractivity contribution >= 4 is 23.2 Å². The minimum Gasteiger partial charge on any atom is -0.324 e. The molecule has 0 fully saturated rings. The molecule has 0 aromatic heterocycles. The summed E-state index contributed by atoms with van der Waals surface area (Å²) < 4.78 is 13.0. The molecule has 0 aliphatic heterocycles. The molecule has 2 nitrogen and oxygen atoms in total. The van der Waals surface area contributed by atoms with Gasteiger partial charge < -0.3 is 5.32 Å². The Kier molecular flexibility index (Phi) is 3.25. The third-order valence-electron chi connectivity index (χ3n) is 1.52. The van der Waals surface area contributed by atoms with E-state index in [2.05, 4.69) is 5.32 Å². The van der Waals surface area contributed by atoms with Gasteiger partial charge in [0.05, 0.1) is 5.69 Å². The highest BCUT2D eigenvalue weighted by atomic mass is 35.5. The summed E-state index contributed by atoms with van der Waals surface area (Å²) in [5.74, 6) is -0.715. The number of rotatable bonds is 2. The third kappa shape index (κ3) is 2.70. The summed E-state index contributed by atoms with van der Waals surface area (Å²) in [7, 11) is 0. The number of halogens is 2. The molecule has 0 aliphatic carbocycles. The summed E-state index contributed by atoms with van der Waals surface area (Å²) in [6, 6.07) is 4.02. The van der Waals surface area contributed by atoms with Gasteiger partial charge in [0.1, 0.15) is 5.82 Å². The van der Waals surface area contributed by atoms with Crippen molar-refractivity contribution in [3.8, 4) is 0 Å². The molecule has 4 heteroatoms. The van der Waals surface area contributed by atoms with Crippen molar-refractivity contribution in [2.45, 2.75) is 13.3 Å². The summed E-state index contributed by atoms with van der Waals surface area (Å²) in [6.45, 7) is 1.69. The molecule has 70 valence electrons. The molecular weight excluding hydrogens is 193 g/mol. The molecule has 1 amide bonds. The van der Waals surface area contributed by atoms with Crippen LogP contribution in [0.3, 0.4) is 0 Å². The molecule has 0 unspecified atom stereocenters. The Balaban J connectivity index is 2.87. The largest absolute Gasteiger partial charge is 0.324 e. The van der Waals surface area contributed by atoms with Crippen LogP contribution in [0.5, 0.6) is 0 Å². The van der Waals surface area contributed by atoms with Crippen molar-refractivity contribution in [3.63, 3.8) is 0 Å². The number of amides is 1. The average Bonchev–Trinajstić information content (AvgIpc) is 2.11. The Morgan fingerprint density at radius 1 is 1.62 bits per heavy atom. The zero-order chi connectivity index (χ0) is 9.84. The van der Waals surface area contributed by atoms with Gasteiger partial charge in [0.2, 0.25) is 5.91 Å². The lowest BCUT2D eigenvalue weighted by Gasteiger charge is -2.04. The number of hydrogen-bond donors (Lipinski definition) is 1. The van der Waals surface area contributed by atoms with E-state index in [0.29, 0.717) is 11.4 Å². The highest BCUT2D eigenvalue weighted by Crippen LogP contribution is 2.19. The molecule has 1 aromatic carbocycles. The van der Waals surface area contributed by atoms with E-state index in [0.717, 1.165) is 0 Å². The predicted molar refractivity (Wildman–Crippen MR) is 50.3 cm³/mol. The number of benzene rings is 1. The maximum Gasteiger partial charge on any atom is 0.224 e. The molecule has 1 N–H and O–H groups in total. The van der Waals surface area contributed by atoms with Gasteiger partial charge in [0, 0.05) is 11.4 Å². The second-order valence-corrected chi connectivity index (χ2v) is 2.96. The van der Waals surface area contributed by atoms with Gasteiger partial charge in [-0.3, -0.25) is 4.79 Å². The van der Waals surface area contributed by atoms with Crippen molar-refractivity contribution in [2.75, 3.05) is 5.32 Å². The van der Waals surface area contributed by atoms with E-state index in [-0.39, 0.29) is 11.6 Å². The molecule has 1 aromatic rings. The topological polar surface area (TPSA) is 29.1 Å². The van der Waals surface area contributed by atoms with E-state index in [4.69, 9.17) is 11.6 Å².